The van der Waals surface area contributed by atoms with E-state index in [0.717, 1.165) is 11.0 Å². The predicted octanol–water partition coefficient (Wildman–Crippen LogP) is 3.74. The van der Waals surface area contributed by atoms with Crippen molar-refractivity contribution in [3.05, 3.63) is 34.4 Å². The highest BCUT2D eigenvalue weighted by Crippen LogP contribution is 2.41. The number of nitrogens with one attached hydrogen (secondary N) is 1. The molecule has 1 fully saturated rings. The fourth-order valence-corrected chi connectivity index (χ4v) is 5.79. The number of rotatable bonds is 3. The third kappa shape index (κ3) is 3.35. The normalized spacial score (nSPS) is 28.4. The van der Waals surface area contributed by atoms with Crippen molar-refractivity contribution in [1.82, 2.24) is 5.43 Å². The predicted molar refractivity (Wildman–Crippen MR) is 93.5 cm³/mol. The van der Waals surface area contributed by atoms with Gasteiger partial charge in [0.25, 0.3) is 0 Å². The quantitative estimate of drug-likeness (QED) is 0.659. The number of hydrazine groups is 1. The minimum Gasteiger partial charge on any atom is -0.271 e. The lowest BCUT2D eigenvalue weighted by Crippen LogP contribution is -2.40. The van der Waals surface area contributed by atoms with E-state index in [9.17, 15) is 0 Å². The molecule has 1 saturated heterocycles. The molecule has 0 bridgehead atoms. The first-order chi connectivity index (χ1) is 9.43. The molecule has 4 heteroatoms. The molecule has 0 aliphatic carbocycles. The summed E-state index contributed by atoms with van der Waals surface area (Å²) in [5, 5.41) is 1.95. The summed E-state index contributed by atoms with van der Waals surface area (Å²) in [6, 6.07) is 4.83. The summed E-state index contributed by atoms with van der Waals surface area (Å²) in [5.41, 5.74) is 8.48. The smallest absolute Gasteiger partial charge is 0.0589 e. The summed E-state index contributed by atoms with van der Waals surface area (Å²) < 4.78 is 0. The van der Waals surface area contributed by atoms with Gasteiger partial charge in [-0.3, -0.25) is 11.3 Å². The van der Waals surface area contributed by atoms with Crippen LogP contribution in [0, 0.1) is 20.8 Å². The Kier molecular flexibility index (Phi) is 5.46. The van der Waals surface area contributed by atoms with Crippen LogP contribution >= 0.6 is 23.5 Å². The lowest BCUT2D eigenvalue weighted by atomic mass is 9.94. The Bertz CT molecular complexity index is 476. The van der Waals surface area contributed by atoms with Crippen molar-refractivity contribution in [1.29, 1.82) is 0 Å². The molecule has 3 N–H and O–H groups in total. The van der Waals surface area contributed by atoms with E-state index in [1.54, 1.807) is 0 Å². The van der Waals surface area contributed by atoms with Gasteiger partial charge in [0.15, 0.2) is 0 Å². The van der Waals surface area contributed by atoms with Crippen molar-refractivity contribution in [3.8, 4) is 0 Å². The van der Waals surface area contributed by atoms with Crippen LogP contribution < -0.4 is 11.3 Å². The van der Waals surface area contributed by atoms with Gasteiger partial charge in [0.2, 0.25) is 0 Å². The molecule has 1 aromatic rings. The molecule has 0 saturated carbocycles. The van der Waals surface area contributed by atoms with Crippen LogP contribution in [0.15, 0.2) is 12.1 Å². The third-order valence-electron chi connectivity index (χ3n) is 4.34. The molecular weight excluding hydrogens is 284 g/mol. The van der Waals surface area contributed by atoms with E-state index in [-0.39, 0.29) is 6.04 Å². The van der Waals surface area contributed by atoms with E-state index >= 15 is 0 Å². The molecule has 0 amide bonds. The van der Waals surface area contributed by atoms with E-state index in [0.29, 0.717) is 10.5 Å². The summed E-state index contributed by atoms with van der Waals surface area (Å²) in [6.07, 6.45) is 0. The molecule has 1 heterocycles. The second-order valence-electron chi connectivity index (χ2n) is 5.86. The Morgan fingerprint density at radius 1 is 1.10 bits per heavy atom. The van der Waals surface area contributed by atoms with Crippen LogP contribution in [0.3, 0.4) is 0 Å². The zero-order valence-corrected chi connectivity index (χ0v) is 14.7. The minimum absolute atomic E-state index is 0.238. The summed E-state index contributed by atoms with van der Waals surface area (Å²) in [4.78, 5) is 0. The maximum Gasteiger partial charge on any atom is 0.0589 e. The number of hydrogen-bond acceptors (Lipinski definition) is 4. The van der Waals surface area contributed by atoms with E-state index in [1.807, 2.05) is 0 Å². The standard InChI is InChI=1S/C16H26N2S2/c1-9-6-11(3)14(7-10(9)2)16(18-17)15-8-19-12(4)13(5)20-15/h6-7,12-13,15-16,18H,8,17H2,1-5H3. The summed E-state index contributed by atoms with van der Waals surface area (Å²) in [6.45, 7) is 11.2. The van der Waals surface area contributed by atoms with Gasteiger partial charge in [-0.05, 0) is 43.0 Å². The number of nitrogens with two attached hydrogens (primary N) is 1. The van der Waals surface area contributed by atoms with Crippen LogP contribution in [-0.4, -0.2) is 21.5 Å². The van der Waals surface area contributed by atoms with Crippen molar-refractivity contribution in [2.24, 2.45) is 5.84 Å². The molecular formula is C16H26N2S2. The summed E-state index contributed by atoms with van der Waals surface area (Å²) in [7, 11) is 0. The van der Waals surface area contributed by atoms with Gasteiger partial charge >= 0.3 is 0 Å². The van der Waals surface area contributed by atoms with E-state index in [2.05, 4.69) is 75.7 Å². The first-order valence-electron chi connectivity index (χ1n) is 7.25. The van der Waals surface area contributed by atoms with Crippen LogP contribution in [0.5, 0.6) is 0 Å². The van der Waals surface area contributed by atoms with Crippen LogP contribution in [0.1, 0.15) is 42.1 Å². The fourth-order valence-electron chi connectivity index (χ4n) is 2.70. The van der Waals surface area contributed by atoms with Gasteiger partial charge in [-0.15, -0.1) is 0 Å². The molecule has 2 rings (SSSR count). The van der Waals surface area contributed by atoms with Crippen molar-refractivity contribution >= 4 is 23.5 Å². The second-order valence-corrected chi connectivity index (χ2v) is 8.89. The monoisotopic (exact) mass is 310 g/mol. The average Bonchev–Trinajstić information content (AvgIpc) is 2.40. The largest absolute Gasteiger partial charge is 0.271 e. The summed E-state index contributed by atoms with van der Waals surface area (Å²) in [5.74, 6) is 7.06. The highest BCUT2D eigenvalue weighted by atomic mass is 32.2. The first-order valence-corrected chi connectivity index (χ1v) is 9.24. The maximum atomic E-state index is 5.90. The van der Waals surface area contributed by atoms with E-state index in [1.165, 1.54) is 22.3 Å². The van der Waals surface area contributed by atoms with E-state index < -0.39 is 0 Å². The van der Waals surface area contributed by atoms with Gasteiger partial charge in [0.05, 0.1) is 6.04 Å². The SMILES string of the molecule is Cc1cc(C)c(C(NN)C2CSC(C)C(C)S2)cc1C. The summed E-state index contributed by atoms with van der Waals surface area (Å²) >= 11 is 4.15. The molecule has 112 valence electrons. The third-order valence-corrected chi connectivity index (χ3v) is 7.84. The Balaban J connectivity index is 2.26. The Labute approximate surface area is 131 Å². The average molecular weight is 311 g/mol. The van der Waals surface area contributed by atoms with Gasteiger partial charge in [-0.1, -0.05) is 26.0 Å². The molecule has 0 radical (unpaired) electrons. The zero-order valence-electron chi connectivity index (χ0n) is 13.1. The molecule has 1 aromatic carbocycles. The Hall–Kier alpha value is -0.160. The van der Waals surface area contributed by atoms with Crippen molar-refractivity contribution in [3.63, 3.8) is 0 Å². The minimum atomic E-state index is 0.238. The van der Waals surface area contributed by atoms with Gasteiger partial charge in [0, 0.05) is 21.5 Å². The Morgan fingerprint density at radius 2 is 1.75 bits per heavy atom. The van der Waals surface area contributed by atoms with Crippen LogP contribution in [-0.2, 0) is 0 Å². The van der Waals surface area contributed by atoms with Crippen molar-refractivity contribution in [2.75, 3.05) is 5.75 Å². The Morgan fingerprint density at radius 3 is 2.35 bits per heavy atom. The van der Waals surface area contributed by atoms with E-state index in [4.69, 9.17) is 5.84 Å². The number of aryl methyl sites for hydroxylation is 3. The van der Waals surface area contributed by atoms with Crippen molar-refractivity contribution < 1.29 is 0 Å². The number of benzene rings is 1. The molecule has 0 aromatic heterocycles. The lowest BCUT2D eigenvalue weighted by molar-refractivity contribution is 0.547. The van der Waals surface area contributed by atoms with Gasteiger partial charge < -0.3 is 0 Å². The molecule has 20 heavy (non-hydrogen) atoms. The van der Waals surface area contributed by atoms with Crippen LogP contribution in [0.2, 0.25) is 0 Å². The fraction of sp³-hybridized carbons (Fsp3) is 0.625. The topological polar surface area (TPSA) is 38.0 Å². The molecule has 0 spiro atoms. The van der Waals surface area contributed by atoms with Crippen LogP contribution in [0.4, 0.5) is 0 Å². The molecule has 4 atom stereocenters. The van der Waals surface area contributed by atoms with Gasteiger partial charge in [0.1, 0.15) is 0 Å². The second kappa shape index (κ2) is 6.73. The van der Waals surface area contributed by atoms with Gasteiger partial charge in [-0.25, -0.2) is 0 Å². The van der Waals surface area contributed by atoms with Crippen molar-refractivity contribution in [2.45, 2.75) is 56.4 Å². The lowest BCUT2D eigenvalue weighted by Gasteiger charge is -2.36. The molecule has 4 unspecified atom stereocenters. The molecule has 1 aliphatic heterocycles. The molecule has 1 aliphatic rings. The molecule has 2 nitrogen and oxygen atoms in total. The first kappa shape index (κ1) is 16.2. The zero-order chi connectivity index (χ0) is 14.9. The number of thioether (sulfide) groups is 2. The van der Waals surface area contributed by atoms with Crippen LogP contribution in [0.25, 0.3) is 0 Å². The van der Waals surface area contributed by atoms with Gasteiger partial charge in [-0.2, -0.15) is 23.5 Å². The maximum absolute atomic E-state index is 5.90. The highest BCUT2D eigenvalue weighted by Gasteiger charge is 2.32. The highest BCUT2D eigenvalue weighted by molar-refractivity contribution is 8.07. The number of hydrogen-bond donors (Lipinski definition) is 2.